The van der Waals surface area contributed by atoms with Crippen molar-refractivity contribution in [1.29, 1.82) is 0 Å². The Labute approximate surface area is 224 Å². The fourth-order valence-corrected chi connectivity index (χ4v) is 4.20. The molecule has 0 spiro atoms. The molecule has 2 rings (SSSR count). The summed E-state index contributed by atoms with van der Waals surface area (Å²) in [6, 6.07) is 2.68. The van der Waals surface area contributed by atoms with Gasteiger partial charge in [0.1, 0.15) is 18.1 Å². The number of hydrogen-bond donors (Lipinski definition) is 7. The molecule has 0 bridgehead atoms. The van der Waals surface area contributed by atoms with E-state index in [0.717, 1.165) is 16.5 Å². The van der Waals surface area contributed by atoms with Crippen molar-refractivity contribution < 1.29 is 34.2 Å². The largest absolute Gasteiger partial charge is 0.481 e. The van der Waals surface area contributed by atoms with Crippen LogP contribution in [0.1, 0.15) is 32.3 Å². The second kappa shape index (κ2) is 14.4. The number of H-pyrrole nitrogens is 1. The van der Waals surface area contributed by atoms with Gasteiger partial charge < -0.3 is 36.9 Å². The SMILES string of the molecule is CSCCC(NC(=O)C(Cc1c[nH]c2ccccc12)NC(=O)C(N)C(C)C)C(=O)NC(CC(=O)O)C(=O)O. The second-order valence-electron chi connectivity index (χ2n) is 9.23. The number of aromatic nitrogens is 1. The highest BCUT2D eigenvalue weighted by Crippen LogP contribution is 2.19. The molecule has 0 aliphatic heterocycles. The minimum atomic E-state index is -1.67. The summed E-state index contributed by atoms with van der Waals surface area (Å²) < 4.78 is 0. The van der Waals surface area contributed by atoms with E-state index in [9.17, 15) is 29.1 Å². The van der Waals surface area contributed by atoms with E-state index in [2.05, 4.69) is 20.9 Å². The number of carbonyl (C=O) groups excluding carboxylic acids is 3. The topological polar surface area (TPSA) is 204 Å². The lowest BCUT2D eigenvalue weighted by Gasteiger charge is -2.25. The third-order valence-electron chi connectivity index (χ3n) is 5.99. The number of benzene rings is 1. The third kappa shape index (κ3) is 8.77. The van der Waals surface area contributed by atoms with Crippen LogP contribution in [0.5, 0.6) is 0 Å². The van der Waals surface area contributed by atoms with Gasteiger partial charge in [0.2, 0.25) is 17.7 Å². The zero-order valence-corrected chi connectivity index (χ0v) is 22.3. The number of fused-ring (bicyclic) bond motifs is 1. The fraction of sp³-hybridized carbons (Fsp3) is 0.480. The molecule has 4 atom stereocenters. The summed E-state index contributed by atoms with van der Waals surface area (Å²) in [4.78, 5) is 64.7. The van der Waals surface area contributed by atoms with Crippen LogP contribution in [0, 0.1) is 5.92 Å². The number of nitrogens with two attached hydrogens (primary N) is 1. The van der Waals surface area contributed by atoms with Crippen LogP contribution in [0.3, 0.4) is 0 Å². The third-order valence-corrected chi connectivity index (χ3v) is 6.63. The molecule has 8 N–H and O–H groups in total. The van der Waals surface area contributed by atoms with E-state index < -0.39 is 60.2 Å². The number of carboxylic acid groups (broad SMARTS) is 2. The van der Waals surface area contributed by atoms with Crippen LogP contribution >= 0.6 is 11.8 Å². The normalized spacial score (nSPS) is 14.3. The van der Waals surface area contributed by atoms with Crippen LogP contribution < -0.4 is 21.7 Å². The lowest BCUT2D eigenvalue weighted by molar-refractivity contribution is -0.147. The monoisotopic (exact) mass is 549 g/mol. The number of carbonyl (C=O) groups is 5. The van der Waals surface area contributed by atoms with E-state index in [0.29, 0.717) is 5.75 Å². The Morgan fingerprint density at radius 2 is 1.55 bits per heavy atom. The first-order valence-electron chi connectivity index (χ1n) is 12.1. The van der Waals surface area contributed by atoms with Gasteiger partial charge in [0.05, 0.1) is 12.5 Å². The lowest BCUT2D eigenvalue weighted by Crippen LogP contribution is -2.58. The molecule has 3 amide bonds. The van der Waals surface area contributed by atoms with E-state index >= 15 is 0 Å². The molecular formula is C25H35N5O7S. The molecule has 1 aromatic heterocycles. The summed E-state index contributed by atoms with van der Waals surface area (Å²) in [6.45, 7) is 3.55. The first kappa shape index (κ1) is 30.6. The molecule has 13 heteroatoms. The number of hydrogen-bond acceptors (Lipinski definition) is 7. The molecule has 38 heavy (non-hydrogen) atoms. The van der Waals surface area contributed by atoms with Gasteiger partial charge in [0.25, 0.3) is 0 Å². The number of carboxylic acids is 2. The van der Waals surface area contributed by atoms with Crippen molar-refractivity contribution in [2.24, 2.45) is 11.7 Å². The Morgan fingerprint density at radius 1 is 0.947 bits per heavy atom. The summed E-state index contributed by atoms with van der Waals surface area (Å²) in [5, 5.41) is 26.6. The molecule has 12 nitrogen and oxygen atoms in total. The van der Waals surface area contributed by atoms with Crippen LogP contribution in [-0.4, -0.2) is 81.0 Å². The van der Waals surface area contributed by atoms with Crippen molar-refractivity contribution in [3.63, 3.8) is 0 Å². The average Bonchev–Trinajstić information content (AvgIpc) is 3.27. The van der Waals surface area contributed by atoms with Crippen LogP contribution in [0.15, 0.2) is 30.5 Å². The molecule has 0 saturated carbocycles. The molecule has 4 unspecified atom stereocenters. The minimum absolute atomic E-state index is 0.0973. The molecule has 0 fully saturated rings. The minimum Gasteiger partial charge on any atom is -0.481 e. The zero-order chi connectivity index (χ0) is 28.4. The molecule has 0 aliphatic rings. The Bertz CT molecular complexity index is 1150. The molecule has 2 aromatic rings. The highest BCUT2D eigenvalue weighted by molar-refractivity contribution is 7.98. The number of nitrogens with one attached hydrogen (secondary N) is 4. The maximum absolute atomic E-state index is 13.4. The number of thioether (sulfide) groups is 1. The van der Waals surface area contributed by atoms with Gasteiger partial charge in [-0.25, -0.2) is 4.79 Å². The average molecular weight is 550 g/mol. The number of para-hydroxylation sites is 1. The Hall–Kier alpha value is -3.58. The van der Waals surface area contributed by atoms with E-state index in [1.807, 2.05) is 24.3 Å². The first-order chi connectivity index (χ1) is 17.9. The van der Waals surface area contributed by atoms with E-state index in [1.54, 1.807) is 26.3 Å². The molecular weight excluding hydrogens is 514 g/mol. The number of rotatable bonds is 15. The number of aliphatic carboxylic acids is 2. The lowest BCUT2D eigenvalue weighted by atomic mass is 10.0. The van der Waals surface area contributed by atoms with Crippen LogP contribution in [-0.2, 0) is 30.4 Å². The standard InChI is InChI=1S/C25H35N5O7S/c1-13(2)21(26)24(35)29-18(10-14-12-27-16-7-5-4-6-15(14)16)23(34)28-17(8-9-38-3)22(33)30-19(25(36)37)11-20(31)32/h4-7,12-13,17-19,21,27H,8-11,26H2,1-3H3,(H,28,34)(H,29,35)(H,30,33)(H,31,32)(H,36,37). The van der Waals surface area contributed by atoms with Gasteiger partial charge >= 0.3 is 11.9 Å². The molecule has 1 aromatic carbocycles. The summed E-state index contributed by atoms with van der Waals surface area (Å²) >= 11 is 1.41. The summed E-state index contributed by atoms with van der Waals surface area (Å²) in [5.41, 5.74) is 7.60. The van der Waals surface area contributed by atoms with Gasteiger partial charge in [-0.15, -0.1) is 0 Å². The van der Waals surface area contributed by atoms with Crippen molar-refractivity contribution in [2.75, 3.05) is 12.0 Å². The molecule has 1 heterocycles. The zero-order valence-electron chi connectivity index (χ0n) is 21.5. The summed E-state index contributed by atoms with van der Waals surface area (Å²) in [5.74, 6) is -4.67. The highest BCUT2D eigenvalue weighted by Gasteiger charge is 2.31. The van der Waals surface area contributed by atoms with E-state index in [4.69, 9.17) is 10.8 Å². The summed E-state index contributed by atoms with van der Waals surface area (Å²) in [7, 11) is 0. The van der Waals surface area contributed by atoms with Gasteiger partial charge in [0.15, 0.2) is 0 Å². The maximum atomic E-state index is 13.4. The summed E-state index contributed by atoms with van der Waals surface area (Å²) in [6.07, 6.45) is 2.96. The highest BCUT2D eigenvalue weighted by atomic mass is 32.2. The predicted molar refractivity (Wildman–Crippen MR) is 143 cm³/mol. The van der Waals surface area contributed by atoms with Gasteiger partial charge in [-0.05, 0) is 36.0 Å². The number of amides is 3. The van der Waals surface area contributed by atoms with Crippen molar-refractivity contribution >= 4 is 52.3 Å². The quantitative estimate of drug-likeness (QED) is 0.165. The van der Waals surface area contributed by atoms with E-state index in [1.165, 1.54) is 11.8 Å². The van der Waals surface area contributed by atoms with Crippen LogP contribution in [0.25, 0.3) is 10.9 Å². The van der Waals surface area contributed by atoms with Gasteiger partial charge in [-0.1, -0.05) is 32.0 Å². The Balaban J connectivity index is 2.29. The smallest absolute Gasteiger partial charge is 0.326 e. The first-order valence-corrected chi connectivity index (χ1v) is 13.5. The van der Waals surface area contributed by atoms with Crippen molar-refractivity contribution in [3.05, 3.63) is 36.0 Å². The van der Waals surface area contributed by atoms with Crippen molar-refractivity contribution in [1.82, 2.24) is 20.9 Å². The number of aromatic amines is 1. The Kier molecular flexibility index (Phi) is 11.6. The molecule has 0 radical (unpaired) electrons. The predicted octanol–water partition coefficient (Wildman–Crippen LogP) is 0.461. The van der Waals surface area contributed by atoms with Crippen molar-refractivity contribution in [2.45, 2.75) is 57.3 Å². The molecule has 0 saturated heterocycles. The Morgan fingerprint density at radius 3 is 2.16 bits per heavy atom. The second-order valence-corrected chi connectivity index (χ2v) is 10.2. The molecule has 208 valence electrons. The van der Waals surface area contributed by atoms with Gasteiger partial charge in [-0.3, -0.25) is 19.2 Å². The fourth-order valence-electron chi connectivity index (χ4n) is 3.72. The van der Waals surface area contributed by atoms with Crippen LogP contribution in [0.2, 0.25) is 0 Å². The maximum Gasteiger partial charge on any atom is 0.326 e. The molecule has 0 aliphatic carbocycles. The van der Waals surface area contributed by atoms with Gasteiger partial charge in [-0.2, -0.15) is 11.8 Å². The van der Waals surface area contributed by atoms with E-state index in [-0.39, 0.29) is 18.8 Å². The van der Waals surface area contributed by atoms with Crippen molar-refractivity contribution in [3.8, 4) is 0 Å². The van der Waals surface area contributed by atoms with Crippen LogP contribution in [0.4, 0.5) is 0 Å². The van der Waals surface area contributed by atoms with Gasteiger partial charge in [0, 0.05) is 23.5 Å².